The number of hydrogen-bond acceptors (Lipinski definition) is 4. The van der Waals surface area contributed by atoms with Gasteiger partial charge in [0, 0.05) is 10.9 Å². The van der Waals surface area contributed by atoms with E-state index < -0.39 is 34.0 Å². The third-order valence-electron chi connectivity index (χ3n) is 7.28. The molecule has 6 nitrogen and oxygen atoms in total. The zero-order chi connectivity index (χ0) is 27.6. The summed E-state index contributed by atoms with van der Waals surface area (Å²) < 4.78 is 28.5. The summed E-state index contributed by atoms with van der Waals surface area (Å²) in [6.07, 6.45) is 1.09. The number of sulfonamides is 1. The van der Waals surface area contributed by atoms with Crippen LogP contribution in [0.1, 0.15) is 29.0 Å². The summed E-state index contributed by atoms with van der Waals surface area (Å²) in [5, 5.41) is 11.0. The molecule has 0 heterocycles. The van der Waals surface area contributed by atoms with Crippen LogP contribution in [0.15, 0.2) is 108 Å². The maximum Gasteiger partial charge on any atom is 0.325 e. The Bertz CT molecular complexity index is 1610. The Balaban J connectivity index is 1.50. The van der Waals surface area contributed by atoms with Gasteiger partial charge in [0.1, 0.15) is 11.8 Å². The fourth-order valence-electron chi connectivity index (χ4n) is 5.22. The van der Waals surface area contributed by atoms with Crippen molar-refractivity contribution in [3.8, 4) is 11.1 Å². The molecule has 0 saturated heterocycles. The van der Waals surface area contributed by atoms with Gasteiger partial charge in [-0.1, -0.05) is 90.5 Å². The van der Waals surface area contributed by atoms with E-state index in [4.69, 9.17) is 11.6 Å². The van der Waals surface area contributed by atoms with Gasteiger partial charge >= 0.3 is 5.97 Å². The molecular formula is C31H26ClNO5S. The van der Waals surface area contributed by atoms with Crippen LogP contribution in [-0.2, 0) is 26.0 Å². The predicted octanol–water partition coefficient (Wildman–Crippen LogP) is 5.80. The standard InChI is InChI=1S/C31H26ClNO5S/c32-26-14-10-23(11-15-26)24-12-16-27(17-13-24)39(37,38)33(18-19-34)31(30(35)36)21-29(31)28-9-5-4-8-25(28)20-22-6-2-1-3-7-22/h1-17,19,29H,18,20-21H2,(H,35,36). The van der Waals surface area contributed by atoms with Crippen molar-refractivity contribution < 1.29 is 23.1 Å². The zero-order valence-electron chi connectivity index (χ0n) is 20.9. The number of rotatable bonds is 10. The van der Waals surface area contributed by atoms with Crippen LogP contribution in [0.5, 0.6) is 0 Å². The van der Waals surface area contributed by atoms with Crippen LogP contribution in [0.3, 0.4) is 0 Å². The van der Waals surface area contributed by atoms with Crippen LogP contribution in [0.2, 0.25) is 5.02 Å². The zero-order valence-corrected chi connectivity index (χ0v) is 22.5. The van der Waals surface area contributed by atoms with Gasteiger partial charge in [-0.2, -0.15) is 4.31 Å². The minimum Gasteiger partial charge on any atom is -0.480 e. The molecule has 0 aromatic heterocycles. The molecule has 4 aromatic rings. The molecule has 0 bridgehead atoms. The molecule has 198 valence electrons. The quantitative estimate of drug-likeness (QED) is 0.248. The number of carbonyl (C=O) groups is 2. The van der Waals surface area contributed by atoms with E-state index in [1.54, 1.807) is 24.3 Å². The van der Waals surface area contributed by atoms with E-state index >= 15 is 0 Å². The smallest absolute Gasteiger partial charge is 0.325 e. The Hall–Kier alpha value is -3.78. The number of aliphatic carboxylic acids is 1. The Morgan fingerprint density at radius 2 is 1.49 bits per heavy atom. The number of carboxylic acids is 1. The summed E-state index contributed by atoms with van der Waals surface area (Å²) >= 11 is 5.97. The topological polar surface area (TPSA) is 91.8 Å². The first-order valence-corrected chi connectivity index (χ1v) is 14.3. The number of carbonyl (C=O) groups excluding carboxylic acids is 1. The average Bonchev–Trinajstić information content (AvgIpc) is 3.69. The number of nitrogens with zero attached hydrogens (tertiary/aromatic N) is 1. The van der Waals surface area contributed by atoms with E-state index in [9.17, 15) is 23.1 Å². The molecule has 2 unspecified atom stereocenters. The monoisotopic (exact) mass is 559 g/mol. The van der Waals surface area contributed by atoms with Gasteiger partial charge in [0.15, 0.2) is 0 Å². The molecule has 1 aliphatic rings. The molecule has 5 rings (SSSR count). The van der Waals surface area contributed by atoms with Crippen molar-refractivity contribution in [3.63, 3.8) is 0 Å². The summed E-state index contributed by atoms with van der Waals surface area (Å²) in [5.41, 5.74) is 2.62. The Labute approximate surface area is 232 Å². The van der Waals surface area contributed by atoms with Crippen LogP contribution < -0.4 is 0 Å². The average molecular weight is 560 g/mol. The van der Waals surface area contributed by atoms with Crippen molar-refractivity contribution >= 4 is 33.9 Å². The number of halogens is 1. The minimum absolute atomic E-state index is 0.0735. The molecule has 1 N–H and O–H groups in total. The molecule has 0 aliphatic heterocycles. The van der Waals surface area contributed by atoms with E-state index in [0.29, 0.717) is 17.7 Å². The molecule has 1 saturated carbocycles. The van der Waals surface area contributed by atoms with Gasteiger partial charge in [-0.15, -0.1) is 0 Å². The first kappa shape index (κ1) is 26.8. The summed E-state index contributed by atoms with van der Waals surface area (Å²) in [5.74, 6) is -1.87. The van der Waals surface area contributed by atoms with E-state index in [-0.39, 0.29) is 11.3 Å². The van der Waals surface area contributed by atoms with Crippen molar-refractivity contribution in [3.05, 3.63) is 125 Å². The molecule has 39 heavy (non-hydrogen) atoms. The minimum atomic E-state index is -4.32. The summed E-state index contributed by atoms with van der Waals surface area (Å²) in [7, 11) is -4.32. The third kappa shape index (κ3) is 5.13. The predicted molar refractivity (Wildman–Crippen MR) is 150 cm³/mol. The van der Waals surface area contributed by atoms with E-state index in [1.807, 2.05) is 66.7 Å². The Kier molecular flexibility index (Phi) is 7.40. The highest BCUT2D eigenvalue weighted by atomic mass is 35.5. The Morgan fingerprint density at radius 1 is 0.897 bits per heavy atom. The fourth-order valence-corrected chi connectivity index (χ4v) is 7.05. The first-order chi connectivity index (χ1) is 18.8. The third-order valence-corrected chi connectivity index (χ3v) is 9.45. The summed E-state index contributed by atoms with van der Waals surface area (Å²) in [6.45, 7) is -0.565. The van der Waals surface area contributed by atoms with Crippen LogP contribution in [0, 0.1) is 0 Å². The molecule has 1 aliphatic carbocycles. The van der Waals surface area contributed by atoms with Crippen molar-refractivity contribution in [2.45, 2.75) is 29.2 Å². The van der Waals surface area contributed by atoms with Gasteiger partial charge in [-0.05, 0) is 64.9 Å². The molecule has 4 aromatic carbocycles. The van der Waals surface area contributed by atoms with E-state index in [0.717, 1.165) is 32.1 Å². The van der Waals surface area contributed by atoms with Crippen LogP contribution >= 0.6 is 11.6 Å². The first-order valence-electron chi connectivity index (χ1n) is 12.4. The molecule has 0 spiro atoms. The normalized spacial score (nSPS) is 18.6. The second-order valence-corrected chi connectivity index (χ2v) is 11.9. The lowest BCUT2D eigenvalue weighted by atomic mass is 9.95. The van der Waals surface area contributed by atoms with Crippen LogP contribution in [0.4, 0.5) is 0 Å². The molecule has 0 radical (unpaired) electrons. The van der Waals surface area contributed by atoms with Crippen molar-refractivity contribution in [2.75, 3.05) is 6.54 Å². The van der Waals surface area contributed by atoms with Crippen molar-refractivity contribution in [1.82, 2.24) is 4.31 Å². The van der Waals surface area contributed by atoms with Gasteiger partial charge in [-0.25, -0.2) is 8.42 Å². The maximum absolute atomic E-state index is 13.8. The maximum atomic E-state index is 13.8. The fraction of sp³-hybridized carbons (Fsp3) is 0.161. The molecule has 2 atom stereocenters. The lowest BCUT2D eigenvalue weighted by molar-refractivity contribution is -0.143. The summed E-state index contributed by atoms with van der Waals surface area (Å²) in [4.78, 5) is 24.4. The second-order valence-electron chi connectivity index (χ2n) is 9.58. The largest absolute Gasteiger partial charge is 0.480 e. The Morgan fingerprint density at radius 3 is 2.10 bits per heavy atom. The molecule has 1 fully saturated rings. The highest BCUT2D eigenvalue weighted by Crippen LogP contribution is 2.58. The number of aldehydes is 1. The highest BCUT2D eigenvalue weighted by Gasteiger charge is 2.68. The van der Waals surface area contributed by atoms with E-state index in [1.165, 1.54) is 12.1 Å². The van der Waals surface area contributed by atoms with Gasteiger partial charge in [0.2, 0.25) is 10.0 Å². The summed E-state index contributed by atoms with van der Waals surface area (Å²) in [6, 6.07) is 30.6. The lowest BCUT2D eigenvalue weighted by Crippen LogP contribution is -2.49. The van der Waals surface area contributed by atoms with Crippen molar-refractivity contribution in [1.29, 1.82) is 0 Å². The highest BCUT2D eigenvalue weighted by molar-refractivity contribution is 7.89. The number of hydrogen-bond donors (Lipinski definition) is 1. The SMILES string of the molecule is O=CCN(C1(C(=O)O)CC1c1ccccc1Cc1ccccc1)S(=O)(=O)c1ccc(-c2ccc(Cl)cc2)cc1. The molecular weight excluding hydrogens is 534 g/mol. The number of benzene rings is 4. The molecule has 0 amide bonds. The van der Waals surface area contributed by atoms with E-state index in [2.05, 4.69) is 0 Å². The number of carboxylic acid groups (broad SMARTS) is 1. The molecule has 8 heteroatoms. The van der Waals surface area contributed by atoms with Crippen molar-refractivity contribution in [2.24, 2.45) is 0 Å². The second kappa shape index (κ2) is 10.8. The van der Waals surface area contributed by atoms with Gasteiger partial charge in [0.25, 0.3) is 0 Å². The van der Waals surface area contributed by atoms with Gasteiger partial charge in [0.05, 0.1) is 11.4 Å². The van der Waals surface area contributed by atoms with Crippen LogP contribution in [0.25, 0.3) is 11.1 Å². The van der Waals surface area contributed by atoms with Crippen LogP contribution in [-0.4, -0.2) is 42.2 Å². The lowest BCUT2D eigenvalue weighted by Gasteiger charge is -2.28. The van der Waals surface area contributed by atoms with Gasteiger partial charge < -0.3 is 9.90 Å². The van der Waals surface area contributed by atoms with Gasteiger partial charge in [-0.3, -0.25) is 4.79 Å².